The number of benzene rings is 2. The van der Waals surface area contributed by atoms with Crippen molar-refractivity contribution in [1.29, 1.82) is 0 Å². The van der Waals surface area contributed by atoms with Gasteiger partial charge in [0.25, 0.3) is 0 Å². The minimum atomic E-state index is -1.07. The van der Waals surface area contributed by atoms with Gasteiger partial charge in [0.2, 0.25) is 0 Å². The lowest BCUT2D eigenvalue weighted by Crippen LogP contribution is -2.33. The number of methoxy groups -OCH3 is 1. The van der Waals surface area contributed by atoms with Crippen LogP contribution >= 0.6 is 0 Å². The molecule has 0 spiro atoms. The van der Waals surface area contributed by atoms with Crippen LogP contribution in [0.2, 0.25) is 0 Å². The van der Waals surface area contributed by atoms with Crippen LogP contribution in [0.5, 0.6) is 11.5 Å². The van der Waals surface area contributed by atoms with Crippen LogP contribution in [0.15, 0.2) is 36.4 Å². The Morgan fingerprint density at radius 1 is 0.938 bits per heavy atom. The number of rotatable bonds is 10. The fourth-order valence-corrected chi connectivity index (χ4v) is 4.09. The second-order valence-corrected chi connectivity index (χ2v) is 9.56. The quantitative estimate of drug-likeness (QED) is 0.397. The highest BCUT2D eigenvalue weighted by Gasteiger charge is 2.36. The van der Waals surface area contributed by atoms with Gasteiger partial charge in [-0.25, -0.2) is 4.79 Å². The van der Waals surface area contributed by atoms with E-state index in [1.807, 2.05) is 0 Å². The lowest BCUT2D eigenvalue weighted by Gasteiger charge is -2.42. The van der Waals surface area contributed by atoms with Crippen molar-refractivity contribution < 1.29 is 28.8 Å². The minimum absolute atomic E-state index is 0.0606. The Labute approximate surface area is 190 Å². The molecule has 1 aliphatic rings. The molecule has 0 amide bonds. The molecule has 2 aromatic carbocycles. The van der Waals surface area contributed by atoms with E-state index in [0.29, 0.717) is 25.6 Å². The van der Waals surface area contributed by atoms with Crippen LogP contribution in [0.1, 0.15) is 67.6 Å². The van der Waals surface area contributed by atoms with Gasteiger partial charge in [0.15, 0.2) is 6.79 Å². The standard InChI is InChI=1S/C26H34O6/c1-25(2)10-11-26(3,4)22-14-18(6-9-21(22)25)16-31-19-7-8-20(24(27)28)23(15-19)32-17-30-13-12-29-5/h6-9,14-15H,10-13,16-17H2,1-5H3,(H,27,28). The zero-order valence-electron chi connectivity index (χ0n) is 19.7. The van der Waals surface area contributed by atoms with E-state index in [9.17, 15) is 9.90 Å². The molecule has 0 saturated carbocycles. The molecule has 2 aromatic rings. The number of hydrogen-bond acceptors (Lipinski definition) is 5. The summed E-state index contributed by atoms with van der Waals surface area (Å²) in [6.45, 7) is 10.3. The summed E-state index contributed by atoms with van der Waals surface area (Å²) in [5, 5.41) is 9.43. The number of carboxylic acid groups (broad SMARTS) is 1. The third-order valence-electron chi connectivity index (χ3n) is 6.24. The molecule has 0 bridgehead atoms. The zero-order chi connectivity index (χ0) is 23.4. The molecule has 0 saturated heterocycles. The number of carbonyl (C=O) groups is 1. The van der Waals surface area contributed by atoms with Crippen molar-refractivity contribution in [3.63, 3.8) is 0 Å². The molecule has 0 unspecified atom stereocenters. The number of aromatic carboxylic acids is 1. The maximum Gasteiger partial charge on any atom is 0.339 e. The molecule has 6 heteroatoms. The first-order chi connectivity index (χ1) is 15.1. The van der Waals surface area contributed by atoms with Gasteiger partial charge in [-0.1, -0.05) is 45.9 Å². The Morgan fingerprint density at radius 3 is 2.34 bits per heavy atom. The molecule has 32 heavy (non-hydrogen) atoms. The second kappa shape index (κ2) is 9.92. The van der Waals surface area contributed by atoms with Crippen LogP contribution in [0, 0.1) is 0 Å². The first kappa shape index (κ1) is 24.1. The van der Waals surface area contributed by atoms with Crippen molar-refractivity contribution in [2.24, 2.45) is 0 Å². The highest BCUT2D eigenvalue weighted by atomic mass is 16.7. The summed E-state index contributed by atoms with van der Waals surface area (Å²) in [5.41, 5.74) is 4.25. The SMILES string of the molecule is COCCOCOc1cc(OCc2ccc3c(c2)C(C)(C)CCC3(C)C)ccc1C(=O)O. The zero-order valence-corrected chi connectivity index (χ0v) is 19.7. The number of carboxylic acids is 1. The van der Waals surface area contributed by atoms with E-state index in [2.05, 4.69) is 45.9 Å². The van der Waals surface area contributed by atoms with Gasteiger partial charge in [-0.15, -0.1) is 0 Å². The predicted molar refractivity (Wildman–Crippen MR) is 123 cm³/mol. The van der Waals surface area contributed by atoms with Crippen molar-refractivity contribution >= 4 is 5.97 Å². The van der Waals surface area contributed by atoms with Crippen molar-refractivity contribution in [3.05, 3.63) is 58.7 Å². The van der Waals surface area contributed by atoms with Crippen LogP contribution in [0.25, 0.3) is 0 Å². The van der Waals surface area contributed by atoms with Gasteiger partial charge in [-0.2, -0.15) is 0 Å². The van der Waals surface area contributed by atoms with Gasteiger partial charge in [-0.05, 0) is 52.5 Å². The molecule has 0 aliphatic heterocycles. The smallest absolute Gasteiger partial charge is 0.339 e. The topological polar surface area (TPSA) is 74.2 Å². The summed E-state index contributed by atoms with van der Waals surface area (Å²) in [5.74, 6) is -0.317. The van der Waals surface area contributed by atoms with E-state index in [0.717, 1.165) is 12.0 Å². The van der Waals surface area contributed by atoms with E-state index in [1.165, 1.54) is 23.6 Å². The molecular formula is C26H34O6. The summed E-state index contributed by atoms with van der Waals surface area (Å²) in [6, 6.07) is 11.3. The molecule has 174 valence electrons. The summed E-state index contributed by atoms with van der Waals surface area (Å²) in [6.07, 6.45) is 2.33. The molecule has 3 rings (SSSR count). The van der Waals surface area contributed by atoms with Crippen molar-refractivity contribution in [2.45, 2.75) is 58.0 Å². The molecule has 0 atom stereocenters. The average molecular weight is 443 g/mol. The van der Waals surface area contributed by atoms with Gasteiger partial charge in [0.1, 0.15) is 23.7 Å². The summed E-state index contributed by atoms with van der Waals surface area (Å²) < 4.78 is 21.7. The highest BCUT2D eigenvalue weighted by Crippen LogP contribution is 2.46. The van der Waals surface area contributed by atoms with Crippen LogP contribution in [0.4, 0.5) is 0 Å². The Kier molecular flexibility index (Phi) is 7.47. The second-order valence-electron chi connectivity index (χ2n) is 9.56. The lowest BCUT2D eigenvalue weighted by molar-refractivity contribution is -0.00906. The first-order valence-electron chi connectivity index (χ1n) is 11.0. The molecule has 1 aliphatic carbocycles. The van der Waals surface area contributed by atoms with Gasteiger partial charge in [0, 0.05) is 13.2 Å². The number of hydrogen-bond donors (Lipinski definition) is 1. The predicted octanol–water partition coefficient (Wildman–Crippen LogP) is 5.31. The molecule has 1 N–H and O–H groups in total. The van der Waals surface area contributed by atoms with E-state index in [-0.39, 0.29) is 28.9 Å². The van der Waals surface area contributed by atoms with Gasteiger partial charge in [0.05, 0.1) is 13.2 Å². The molecule has 0 radical (unpaired) electrons. The first-order valence-corrected chi connectivity index (χ1v) is 11.0. The Bertz CT molecular complexity index is 947. The van der Waals surface area contributed by atoms with Crippen molar-refractivity contribution in [3.8, 4) is 11.5 Å². The van der Waals surface area contributed by atoms with Crippen molar-refractivity contribution in [2.75, 3.05) is 27.1 Å². The lowest BCUT2D eigenvalue weighted by atomic mass is 9.63. The Morgan fingerprint density at radius 2 is 1.66 bits per heavy atom. The number of fused-ring (bicyclic) bond motifs is 1. The normalized spacial score (nSPS) is 16.3. The van der Waals surface area contributed by atoms with Gasteiger partial charge >= 0.3 is 5.97 Å². The van der Waals surface area contributed by atoms with E-state index in [1.54, 1.807) is 19.2 Å². The van der Waals surface area contributed by atoms with E-state index < -0.39 is 5.97 Å². The largest absolute Gasteiger partial charge is 0.489 e. The van der Waals surface area contributed by atoms with E-state index in [4.69, 9.17) is 18.9 Å². The summed E-state index contributed by atoms with van der Waals surface area (Å²) >= 11 is 0. The molecule has 0 heterocycles. The molecule has 6 nitrogen and oxygen atoms in total. The number of ether oxygens (including phenoxy) is 4. The van der Waals surface area contributed by atoms with E-state index >= 15 is 0 Å². The van der Waals surface area contributed by atoms with Crippen LogP contribution in [-0.2, 0) is 26.9 Å². The summed E-state index contributed by atoms with van der Waals surface area (Å²) in [4.78, 5) is 11.5. The summed E-state index contributed by atoms with van der Waals surface area (Å²) in [7, 11) is 1.58. The van der Waals surface area contributed by atoms with Crippen LogP contribution in [-0.4, -0.2) is 38.2 Å². The van der Waals surface area contributed by atoms with Crippen LogP contribution in [0.3, 0.4) is 0 Å². The Hall–Kier alpha value is -2.57. The maximum atomic E-state index is 11.5. The fourth-order valence-electron chi connectivity index (χ4n) is 4.09. The minimum Gasteiger partial charge on any atom is -0.489 e. The molecule has 0 fully saturated rings. The molecule has 0 aromatic heterocycles. The third-order valence-corrected chi connectivity index (χ3v) is 6.24. The monoisotopic (exact) mass is 442 g/mol. The Balaban J connectivity index is 1.73. The maximum absolute atomic E-state index is 11.5. The fraction of sp³-hybridized carbons (Fsp3) is 0.500. The van der Waals surface area contributed by atoms with Gasteiger partial charge in [-0.3, -0.25) is 0 Å². The van der Waals surface area contributed by atoms with Crippen molar-refractivity contribution in [1.82, 2.24) is 0 Å². The molecular weight excluding hydrogens is 408 g/mol. The average Bonchev–Trinajstić information content (AvgIpc) is 2.75. The van der Waals surface area contributed by atoms with Gasteiger partial charge < -0.3 is 24.1 Å². The highest BCUT2D eigenvalue weighted by molar-refractivity contribution is 5.91. The van der Waals surface area contributed by atoms with Crippen LogP contribution < -0.4 is 9.47 Å². The third kappa shape index (κ3) is 5.61.